The Morgan fingerprint density at radius 3 is 2.70 bits per heavy atom. The molecule has 0 saturated heterocycles. The summed E-state index contributed by atoms with van der Waals surface area (Å²) in [6, 6.07) is 2.69. The highest BCUT2D eigenvalue weighted by Crippen LogP contribution is 2.16. The maximum absolute atomic E-state index is 5.63. The standard InChI is InChI=1S/C16H30N2OS/c1-13(8-10-20-6)18(5)12-14-7-9-19-15(14)11-17-16(2,3)4/h7,9,13,17H,8,10-12H2,1-6H3. The average Bonchev–Trinajstić information content (AvgIpc) is 2.79. The largest absolute Gasteiger partial charge is 0.468 e. The van der Waals surface area contributed by atoms with Gasteiger partial charge in [-0.05, 0) is 59.2 Å². The van der Waals surface area contributed by atoms with Crippen molar-refractivity contribution in [2.75, 3.05) is 19.1 Å². The lowest BCUT2D eigenvalue weighted by atomic mass is 10.1. The van der Waals surface area contributed by atoms with Gasteiger partial charge in [0.05, 0.1) is 12.8 Å². The number of hydrogen-bond acceptors (Lipinski definition) is 4. The third-order valence-electron chi connectivity index (χ3n) is 3.53. The molecule has 4 heteroatoms. The van der Waals surface area contributed by atoms with Crippen molar-refractivity contribution in [3.8, 4) is 0 Å². The molecular formula is C16H30N2OS. The van der Waals surface area contributed by atoms with Crippen molar-refractivity contribution in [3.63, 3.8) is 0 Å². The molecule has 1 N–H and O–H groups in total. The Morgan fingerprint density at radius 1 is 1.40 bits per heavy atom. The van der Waals surface area contributed by atoms with Crippen LogP contribution in [0, 0.1) is 0 Å². The summed E-state index contributed by atoms with van der Waals surface area (Å²) in [5.74, 6) is 2.28. The minimum absolute atomic E-state index is 0.113. The van der Waals surface area contributed by atoms with Crippen LogP contribution in [0.4, 0.5) is 0 Å². The van der Waals surface area contributed by atoms with E-state index in [9.17, 15) is 0 Å². The van der Waals surface area contributed by atoms with Crippen molar-refractivity contribution in [2.45, 2.75) is 58.8 Å². The van der Waals surface area contributed by atoms with E-state index in [0.29, 0.717) is 6.04 Å². The fourth-order valence-electron chi connectivity index (χ4n) is 1.94. The van der Waals surface area contributed by atoms with Gasteiger partial charge < -0.3 is 9.73 Å². The third kappa shape index (κ3) is 6.33. The number of nitrogens with zero attached hydrogens (tertiary/aromatic N) is 1. The lowest BCUT2D eigenvalue weighted by molar-refractivity contribution is 0.242. The van der Waals surface area contributed by atoms with Crippen LogP contribution in [-0.4, -0.2) is 35.5 Å². The fraction of sp³-hybridized carbons (Fsp3) is 0.750. The van der Waals surface area contributed by atoms with Gasteiger partial charge in [0, 0.05) is 23.7 Å². The van der Waals surface area contributed by atoms with E-state index in [-0.39, 0.29) is 5.54 Å². The summed E-state index contributed by atoms with van der Waals surface area (Å²) in [7, 11) is 2.19. The van der Waals surface area contributed by atoms with Gasteiger partial charge in [-0.2, -0.15) is 11.8 Å². The van der Waals surface area contributed by atoms with Crippen molar-refractivity contribution >= 4 is 11.8 Å². The van der Waals surface area contributed by atoms with Crippen molar-refractivity contribution in [1.82, 2.24) is 10.2 Å². The number of rotatable bonds is 8. The van der Waals surface area contributed by atoms with Gasteiger partial charge in [0.2, 0.25) is 0 Å². The predicted molar refractivity (Wildman–Crippen MR) is 89.2 cm³/mol. The predicted octanol–water partition coefficient (Wildman–Crippen LogP) is 3.74. The molecule has 0 amide bonds. The van der Waals surface area contributed by atoms with Crippen LogP contribution in [0.5, 0.6) is 0 Å². The zero-order valence-electron chi connectivity index (χ0n) is 13.8. The normalized spacial score (nSPS) is 13.9. The summed E-state index contributed by atoms with van der Waals surface area (Å²) in [6.45, 7) is 10.6. The molecule has 0 aromatic carbocycles. The molecule has 116 valence electrons. The summed E-state index contributed by atoms with van der Waals surface area (Å²) in [5.41, 5.74) is 1.40. The lowest BCUT2D eigenvalue weighted by Crippen LogP contribution is -2.35. The highest BCUT2D eigenvalue weighted by Gasteiger charge is 2.15. The van der Waals surface area contributed by atoms with E-state index in [4.69, 9.17) is 4.42 Å². The molecule has 1 atom stereocenters. The highest BCUT2D eigenvalue weighted by molar-refractivity contribution is 7.98. The van der Waals surface area contributed by atoms with Gasteiger partial charge in [0.1, 0.15) is 5.76 Å². The Balaban J connectivity index is 2.53. The Kier molecular flexibility index (Phi) is 7.13. The summed E-state index contributed by atoms with van der Waals surface area (Å²) >= 11 is 1.91. The molecule has 1 rings (SSSR count). The minimum atomic E-state index is 0.113. The summed E-state index contributed by atoms with van der Waals surface area (Å²) in [6.07, 6.45) is 5.19. The van der Waals surface area contributed by atoms with Crippen LogP contribution in [-0.2, 0) is 13.1 Å². The number of furan rings is 1. The topological polar surface area (TPSA) is 28.4 Å². The van der Waals surface area contributed by atoms with E-state index >= 15 is 0 Å². The van der Waals surface area contributed by atoms with Crippen LogP contribution >= 0.6 is 11.8 Å². The smallest absolute Gasteiger partial charge is 0.122 e. The second kappa shape index (κ2) is 8.11. The second-order valence-electron chi connectivity index (χ2n) is 6.52. The molecule has 0 bridgehead atoms. The maximum atomic E-state index is 5.63. The van der Waals surface area contributed by atoms with Crippen LogP contribution in [0.15, 0.2) is 16.7 Å². The van der Waals surface area contributed by atoms with Crippen LogP contribution in [0.25, 0.3) is 0 Å². The van der Waals surface area contributed by atoms with E-state index in [0.717, 1.165) is 18.8 Å². The third-order valence-corrected chi connectivity index (χ3v) is 4.17. The molecule has 0 aliphatic rings. The minimum Gasteiger partial charge on any atom is -0.468 e. The monoisotopic (exact) mass is 298 g/mol. The first kappa shape index (κ1) is 17.6. The number of hydrogen-bond donors (Lipinski definition) is 1. The Morgan fingerprint density at radius 2 is 2.10 bits per heavy atom. The molecule has 20 heavy (non-hydrogen) atoms. The molecule has 0 spiro atoms. The van der Waals surface area contributed by atoms with Gasteiger partial charge in [0.25, 0.3) is 0 Å². The van der Waals surface area contributed by atoms with Crippen molar-refractivity contribution in [1.29, 1.82) is 0 Å². The van der Waals surface area contributed by atoms with E-state index in [1.54, 1.807) is 6.26 Å². The van der Waals surface area contributed by atoms with Gasteiger partial charge in [-0.15, -0.1) is 0 Å². The van der Waals surface area contributed by atoms with Gasteiger partial charge in [-0.3, -0.25) is 4.90 Å². The van der Waals surface area contributed by atoms with Gasteiger partial charge in [-0.1, -0.05) is 0 Å². The van der Waals surface area contributed by atoms with E-state index in [1.165, 1.54) is 17.7 Å². The van der Waals surface area contributed by atoms with Crippen LogP contribution < -0.4 is 5.32 Å². The highest BCUT2D eigenvalue weighted by atomic mass is 32.2. The van der Waals surface area contributed by atoms with Crippen LogP contribution in [0.2, 0.25) is 0 Å². The molecule has 1 heterocycles. The maximum Gasteiger partial charge on any atom is 0.122 e. The lowest BCUT2D eigenvalue weighted by Gasteiger charge is -2.25. The van der Waals surface area contributed by atoms with E-state index in [2.05, 4.69) is 57.3 Å². The molecule has 0 aliphatic carbocycles. The molecule has 1 aromatic heterocycles. The molecule has 0 radical (unpaired) electrons. The molecule has 1 aromatic rings. The second-order valence-corrected chi connectivity index (χ2v) is 7.50. The van der Waals surface area contributed by atoms with Crippen LogP contribution in [0.3, 0.4) is 0 Å². The zero-order chi connectivity index (χ0) is 15.2. The average molecular weight is 298 g/mol. The molecule has 1 unspecified atom stereocenters. The molecular weight excluding hydrogens is 268 g/mol. The molecule has 0 fully saturated rings. The van der Waals surface area contributed by atoms with Gasteiger partial charge in [-0.25, -0.2) is 0 Å². The number of thioether (sulfide) groups is 1. The first-order valence-corrected chi connectivity index (χ1v) is 8.72. The zero-order valence-corrected chi connectivity index (χ0v) is 14.6. The van der Waals surface area contributed by atoms with Gasteiger partial charge >= 0.3 is 0 Å². The summed E-state index contributed by atoms with van der Waals surface area (Å²) in [4.78, 5) is 2.40. The first-order valence-electron chi connectivity index (χ1n) is 7.33. The van der Waals surface area contributed by atoms with Crippen molar-refractivity contribution in [2.24, 2.45) is 0 Å². The quantitative estimate of drug-likeness (QED) is 0.791. The number of nitrogens with one attached hydrogen (secondary N) is 1. The SMILES string of the molecule is CSCCC(C)N(C)Cc1ccoc1CNC(C)(C)C. The molecule has 0 saturated carbocycles. The Bertz CT molecular complexity index is 384. The summed E-state index contributed by atoms with van der Waals surface area (Å²) in [5, 5.41) is 3.49. The molecule has 0 aliphatic heterocycles. The van der Waals surface area contributed by atoms with E-state index in [1.807, 2.05) is 11.8 Å². The van der Waals surface area contributed by atoms with Crippen LogP contribution in [0.1, 0.15) is 45.4 Å². The summed E-state index contributed by atoms with van der Waals surface area (Å²) < 4.78 is 5.63. The van der Waals surface area contributed by atoms with Crippen molar-refractivity contribution in [3.05, 3.63) is 23.7 Å². The first-order chi connectivity index (χ1) is 9.33. The Labute approximate surface area is 128 Å². The van der Waals surface area contributed by atoms with Crippen molar-refractivity contribution < 1.29 is 4.42 Å². The fourth-order valence-corrected chi connectivity index (χ4v) is 2.52. The molecule has 3 nitrogen and oxygen atoms in total. The van der Waals surface area contributed by atoms with Gasteiger partial charge in [0.15, 0.2) is 0 Å². The Hall–Kier alpha value is -0.450. The van der Waals surface area contributed by atoms with E-state index < -0.39 is 0 Å².